The molecule has 7 heteroatoms. The number of hydrogen-bond acceptors (Lipinski definition) is 4. The number of hydrogen-bond donors (Lipinski definition) is 0. The van der Waals surface area contributed by atoms with Gasteiger partial charge in [-0.3, -0.25) is 14.4 Å². The van der Waals surface area contributed by atoms with Gasteiger partial charge in [-0.2, -0.15) is 0 Å². The lowest BCUT2D eigenvalue weighted by Gasteiger charge is -2.28. The Morgan fingerprint density at radius 3 is 2.19 bits per heavy atom. The number of fused-ring (bicyclic) bond motifs is 1. The number of benzene rings is 3. The number of rotatable bonds is 3. The largest absolute Gasteiger partial charge is 0.273 e. The summed E-state index contributed by atoms with van der Waals surface area (Å²) in [7, 11) is 0. The molecule has 0 unspecified atom stereocenters. The van der Waals surface area contributed by atoms with Crippen molar-refractivity contribution in [3.05, 3.63) is 95.6 Å². The predicted molar refractivity (Wildman–Crippen MR) is 110 cm³/mol. The third-order valence-electron chi connectivity index (χ3n) is 5.70. The Morgan fingerprint density at radius 2 is 1.52 bits per heavy atom. The zero-order chi connectivity index (χ0) is 21.7. The van der Waals surface area contributed by atoms with E-state index in [1.807, 2.05) is 25.1 Å². The maximum atomic E-state index is 14.1. The van der Waals surface area contributed by atoms with Gasteiger partial charge in [-0.1, -0.05) is 42.0 Å². The highest BCUT2D eigenvalue weighted by Crippen LogP contribution is 2.47. The first-order chi connectivity index (χ1) is 15.0. The summed E-state index contributed by atoms with van der Waals surface area (Å²) in [5, 5.41) is 1.45. The Kier molecular flexibility index (Phi) is 4.55. The minimum atomic E-state index is -1.06. The summed E-state index contributed by atoms with van der Waals surface area (Å²) in [4.78, 5) is 33.7. The molecule has 5 nitrogen and oxygen atoms in total. The third kappa shape index (κ3) is 3.09. The van der Waals surface area contributed by atoms with Crippen LogP contribution in [0.15, 0.2) is 72.8 Å². The molecule has 0 radical (unpaired) electrons. The van der Waals surface area contributed by atoms with Crippen molar-refractivity contribution in [2.24, 2.45) is 5.92 Å². The molecule has 31 heavy (non-hydrogen) atoms. The van der Waals surface area contributed by atoms with E-state index in [2.05, 4.69) is 0 Å². The molecule has 156 valence electrons. The van der Waals surface area contributed by atoms with Crippen LogP contribution < -0.4 is 9.96 Å². The van der Waals surface area contributed by atoms with Crippen LogP contribution in [0.25, 0.3) is 0 Å². The molecule has 3 aromatic rings. The lowest BCUT2D eigenvalue weighted by atomic mass is 9.90. The van der Waals surface area contributed by atoms with Crippen molar-refractivity contribution in [3.8, 4) is 0 Å². The van der Waals surface area contributed by atoms with E-state index < -0.39 is 41.5 Å². The smallest absolute Gasteiger partial charge is 0.266 e. The van der Waals surface area contributed by atoms with Crippen molar-refractivity contribution >= 4 is 23.2 Å². The van der Waals surface area contributed by atoms with E-state index in [1.54, 1.807) is 36.4 Å². The molecule has 2 aliphatic rings. The van der Waals surface area contributed by atoms with Crippen LogP contribution >= 0.6 is 0 Å². The Balaban J connectivity index is 1.60. The van der Waals surface area contributed by atoms with Gasteiger partial charge in [-0.15, -0.1) is 0 Å². The number of nitrogens with zero attached hydrogens (tertiary/aromatic N) is 2. The first-order valence-electron chi connectivity index (χ1n) is 9.86. The fraction of sp³-hybridized carbons (Fsp3) is 0.167. The standard InChI is InChI=1S/C24H18F2N2O3/c1-14-7-10-16(11-8-14)27-23(29)20-21(15-9-12-18(25)19(26)13-15)28(31-22(20)24(27)30)17-5-3-2-4-6-17/h2-13,20-22H,1H3/t20-,21+,22+/m0/s1. The van der Waals surface area contributed by atoms with Crippen LogP contribution in [0.2, 0.25) is 0 Å². The van der Waals surface area contributed by atoms with Gasteiger partial charge in [0.2, 0.25) is 5.91 Å². The van der Waals surface area contributed by atoms with E-state index in [9.17, 15) is 18.4 Å². The van der Waals surface area contributed by atoms with E-state index in [-0.39, 0.29) is 0 Å². The van der Waals surface area contributed by atoms with Gasteiger partial charge in [-0.25, -0.2) is 18.7 Å². The van der Waals surface area contributed by atoms with Crippen molar-refractivity contribution < 1.29 is 23.2 Å². The monoisotopic (exact) mass is 420 g/mol. The Morgan fingerprint density at radius 1 is 0.806 bits per heavy atom. The van der Waals surface area contributed by atoms with Crippen LogP contribution in [0.4, 0.5) is 20.2 Å². The lowest BCUT2D eigenvalue weighted by Crippen LogP contribution is -2.37. The number of aryl methyl sites for hydroxylation is 1. The van der Waals surface area contributed by atoms with Crippen LogP contribution in [0.3, 0.4) is 0 Å². The number of imide groups is 1. The Hall–Kier alpha value is -3.58. The Labute approximate surface area is 177 Å². The topological polar surface area (TPSA) is 49.9 Å². The summed E-state index contributed by atoms with van der Waals surface area (Å²) in [5.74, 6) is -3.84. The molecule has 3 aromatic carbocycles. The van der Waals surface area contributed by atoms with E-state index in [1.165, 1.54) is 11.1 Å². The number of amides is 2. The Bertz CT molecular complexity index is 1170. The van der Waals surface area contributed by atoms with Gasteiger partial charge in [0.05, 0.1) is 17.4 Å². The van der Waals surface area contributed by atoms with Crippen LogP contribution in [-0.2, 0) is 14.4 Å². The number of anilines is 2. The molecule has 2 aliphatic heterocycles. The molecule has 2 amide bonds. The normalized spacial score (nSPS) is 22.9. The van der Waals surface area contributed by atoms with Crippen LogP contribution in [-0.4, -0.2) is 17.9 Å². The predicted octanol–water partition coefficient (Wildman–Crippen LogP) is 4.32. The number of halogens is 2. The maximum Gasteiger partial charge on any atom is 0.266 e. The SMILES string of the molecule is Cc1ccc(N2C(=O)[C@H]3[C@@H](c4ccc(F)c(F)c4)N(c4ccccc4)O[C@H]3C2=O)cc1. The highest BCUT2D eigenvalue weighted by Gasteiger charge is 2.60. The number of carbonyl (C=O) groups excluding carboxylic acids is 2. The molecule has 3 atom stereocenters. The molecule has 0 spiro atoms. The summed E-state index contributed by atoms with van der Waals surface area (Å²) in [6.45, 7) is 1.91. The quantitative estimate of drug-likeness (QED) is 0.592. The molecular weight excluding hydrogens is 402 g/mol. The highest BCUT2D eigenvalue weighted by atomic mass is 19.2. The molecule has 2 saturated heterocycles. The minimum Gasteiger partial charge on any atom is -0.273 e. The average Bonchev–Trinajstić information content (AvgIpc) is 3.28. The van der Waals surface area contributed by atoms with Crippen LogP contribution in [0, 0.1) is 24.5 Å². The number of carbonyl (C=O) groups is 2. The zero-order valence-corrected chi connectivity index (χ0v) is 16.5. The van der Waals surface area contributed by atoms with Gasteiger partial charge in [0.15, 0.2) is 17.7 Å². The summed E-state index contributed by atoms with van der Waals surface area (Å²) >= 11 is 0. The van der Waals surface area contributed by atoms with Crippen molar-refractivity contribution in [2.75, 3.05) is 9.96 Å². The summed E-state index contributed by atoms with van der Waals surface area (Å²) in [5.41, 5.74) is 2.40. The summed E-state index contributed by atoms with van der Waals surface area (Å²) < 4.78 is 27.6. The van der Waals surface area contributed by atoms with E-state index in [0.717, 1.165) is 22.6 Å². The van der Waals surface area contributed by atoms with E-state index in [4.69, 9.17) is 4.84 Å². The van der Waals surface area contributed by atoms with Gasteiger partial charge in [0.1, 0.15) is 5.92 Å². The molecule has 0 aliphatic carbocycles. The fourth-order valence-electron chi connectivity index (χ4n) is 4.20. The van der Waals surface area contributed by atoms with Crippen molar-refractivity contribution in [1.82, 2.24) is 0 Å². The molecule has 0 saturated carbocycles. The van der Waals surface area contributed by atoms with Gasteiger partial charge in [0.25, 0.3) is 5.91 Å². The van der Waals surface area contributed by atoms with Crippen LogP contribution in [0.1, 0.15) is 17.2 Å². The second kappa shape index (κ2) is 7.28. The van der Waals surface area contributed by atoms with Gasteiger partial charge in [0, 0.05) is 0 Å². The summed E-state index contributed by atoms with van der Waals surface area (Å²) in [6, 6.07) is 18.6. The molecule has 5 rings (SSSR count). The third-order valence-corrected chi connectivity index (χ3v) is 5.70. The average molecular weight is 420 g/mol. The molecule has 2 heterocycles. The van der Waals surface area contributed by atoms with Gasteiger partial charge < -0.3 is 0 Å². The lowest BCUT2D eigenvalue weighted by molar-refractivity contribution is -0.126. The summed E-state index contributed by atoms with van der Waals surface area (Å²) in [6.07, 6.45) is -1.06. The molecule has 0 N–H and O–H groups in total. The second-order valence-corrected chi connectivity index (χ2v) is 7.68. The maximum absolute atomic E-state index is 14.1. The number of hydroxylamine groups is 1. The van der Waals surface area contributed by atoms with E-state index >= 15 is 0 Å². The highest BCUT2D eigenvalue weighted by molar-refractivity contribution is 6.23. The van der Waals surface area contributed by atoms with Crippen molar-refractivity contribution in [2.45, 2.75) is 19.1 Å². The van der Waals surface area contributed by atoms with Crippen molar-refractivity contribution in [3.63, 3.8) is 0 Å². The number of para-hydroxylation sites is 1. The van der Waals surface area contributed by atoms with Crippen molar-refractivity contribution in [1.29, 1.82) is 0 Å². The fourth-order valence-corrected chi connectivity index (χ4v) is 4.20. The van der Waals surface area contributed by atoms with Gasteiger partial charge >= 0.3 is 0 Å². The molecule has 0 bridgehead atoms. The van der Waals surface area contributed by atoms with Crippen LogP contribution in [0.5, 0.6) is 0 Å². The first-order valence-corrected chi connectivity index (χ1v) is 9.86. The zero-order valence-electron chi connectivity index (χ0n) is 16.5. The molecule has 2 fully saturated rings. The first kappa shape index (κ1) is 19.4. The minimum absolute atomic E-state index is 0.349. The van der Waals surface area contributed by atoms with Gasteiger partial charge in [-0.05, 0) is 48.9 Å². The molecular formula is C24H18F2N2O3. The van der Waals surface area contributed by atoms with E-state index in [0.29, 0.717) is 16.9 Å². The molecule has 0 aromatic heterocycles. The second-order valence-electron chi connectivity index (χ2n) is 7.68.